The first-order valence-corrected chi connectivity index (χ1v) is 9.53. The van der Waals surface area contributed by atoms with E-state index in [1.54, 1.807) is 0 Å². The first-order valence-electron chi connectivity index (χ1n) is 9.53. The van der Waals surface area contributed by atoms with Gasteiger partial charge in [-0.2, -0.15) is 5.10 Å². The quantitative estimate of drug-likeness (QED) is 0.791. The molecule has 4 rings (SSSR count). The number of aromatic nitrogens is 2. The van der Waals surface area contributed by atoms with Gasteiger partial charge in [-0.15, -0.1) is 0 Å². The fraction of sp³-hybridized carbons (Fsp3) is 0.833. The zero-order chi connectivity index (χ0) is 17.4. The minimum Gasteiger partial charge on any atom is -0.378 e. The van der Waals surface area contributed by atoms with Gasteiger partial charge in [0.25, 0.3) is 0 Å². The van der Waals surface area contributed by atoms with Crippen LogP contribution in [0.5, 0.6) is 0 Å². The first kappa shape index (κ1) is 17.3. The normalized spacial score (nSPS) is 29.0. The molecule has 3 aliphatic rings. The Morgan fingerprint density at radius 1 is 1.08 bits per heavy atom. The van der Waals surface area contributed by atoms with Crippen LogP contribution in [-0.4, -0.2) is 91.3 Å². The van der Waals surface area contributed by atoms with Crippen LogP contribution >= 0.6 is 0 Å². The Hall–Kier alpha value is -1.15. The lowest BCUT2D eigenvalue weighted by Gasteiger charge is -2.46. The van der Waals surface area contributed by atoms with Crippen molar-refractivity contribution in [2.45, 2.75) is 32.0 Å². The number of nitrogens with zero attached hydrogens (tertiary/aromatic N) is 5. The lowest BCUT2D eigenvalue weighted by Crippen LogP contribution is -2.58. The summed E-state index contributed by atoms with van der Waals surface area (Å²) in [6.45, 7) is 10.7. The largest absolute Gasteiger partial charge is 0.378 e. The highest BCUT2D eigenvalue weighted by Crippen LogP contribution is 2.29. The van der Waals surface area contributed by atoms with Crippen molar-refractivity contribution in [3.8, 4) is 0 Å². The van der Waals surface area contributed by atoms with Gasteiger partial charge in [-0.25, -0.2) is 0 Å². The molecule has 0 radical (unpaired) electrons. The average Bonchev–Trinajstić information content (AvgIpc) is 2.89. The molecule has 0 aliphatic carbocycles. The SMILES string of the molecule is Cc1nn(C)c(N2CCOCC2)c1CN1CCO[C@H]2CCN(C)C[C@@H]21. The van der Waals surface area contributed by atoms with Crippen molar-refractivity contribution in [3.63, 3.8) is 0 Å². The van der Waals surface area contributed by atoms with Gasteiger partial charge in [-0.1, -0.05) is 0 Å². The number of hydrogen-bond acceptors (Lipinski definition) is 6. The number of ether oxygens (including phenoxy) is 2. The summed E-state index contributed by atoms with van der Waals surface area (Å²) < 4.78 is 13.7. The highest BCUT2D eigenvalue weighted by Gasteiger charge is 2.37. The molecular weight excluding hydrogens is 318 g/mol. The predicted molar refractivity (Wildman–Crippen MR) is 97.0 cm³/mol. The Balaban J connectivity index is 1.57. The molecule has 1 aromatic rings. The van der Waals surface area contributed by atoms with Gasteiger partial charge in [0, 0.05) is 57.9 Å². The van der Waals surface area contributed by atoms with Gasteiger partial charge in [0.1, 0.15) is 5.82 Å². The van der Waals surface area contributed by atoms with Crippen molar-refractivity contribution in [2.75, 3.05) is 64.5 Å². The summed E-state index contributed by atoms with van der Waals surface area (Å²) in [6.07, 6.45) is 1.52. The first-order chi connectivity index (χ1) is 12.1. The standard InChI is InChI=1S/C18H31N5O2/c1-14-15(18(21(3)19-14)22-6-9-24-10-7-22)12-23-8-11-25-17-4-5-20(2)13-16(17)23/h16-17H,4-13H2,1-3H3/t16-,17-/m0/s1. The van der Waals surface area contributed by atoms with Gasteiger partial charge >= 0.3 is 0 Å². The summed E-state index contributed by atoms with van der Waals surface area (Å²) in [5.74, 6) is 1.27. The zero-order valence-corrected chi connectivity index (χ0v) is 15.8. The van der Waals surface area contributed by atoms with E-state index < -0.39 is 0 Å². The molecule has 0 saturated carbocycles. The van der Waals surface area contributed by atoms with E-state index in [9.17, 15) is 0 Å². The second-order valence-corrected chi connectivity index (χ2v) is 7.61. The number of likely N-dealkylation sites (N-methyl/N-ethyl adjacent to an activating group) is 1. The van der Waals surface area contributed by atoms with Crippen molar-refractivity contribution in [3.05, 3.63) is 11.3 Å². The van der Waals surface area contributed by atoms with E-state index in [0.717, 1.165) is 71.2 Å². The third-order valence-corrected chi connectivity index (χ3v) is 5.89. The smallest absolute Gasteiger partial charge is 0.131 e. The van der Waals surface area contributed by atoms with Gasteiger partial charge in [0.05, 0.1) is 31.6 Å². The van der Waals surface area contributed by atoms with Crippen molar-refractivity contribution in [2.24, 2.45) is 7.05 Å². The molecule has 1 aromatic heterocycles. The lowest BCUT2D eigenvalue weighted by atomic mass is 9.98. The van der Waals surface area contributed by atoms with Gasteiger partial charge < -0.3 is 19.3 Å². The second kappa shape index (κ2) is 7.23. The van der Waals surface area contributed by atoms with E-state index in [-0.39, 0.29) is 0 Å². The lowest BCUT2D eigenvalue weighted by molar-refractivity contribution is -0.103. The summed E-state index contributed by atoms with van der Waals surface area (Å²) >= 11 is 0. The number of likely N-dealkylation sites (tertiary alicyclic amines) is 1. The average molecular weight is 349 g/mol. The third-order valence-electron chi connectivity index (χ3n) is 5.89. The molecule has 3 saturated heterocycles. The van der Waals surface area contributed by atoms with E-state index in [4.69, 9.17) is 14.6 Å². The van der Waals surface area contributed by atoms with Crippen LogP contribution in [0.25, 0.3) is 0 Å². The van der Waals surface area contributed by atoms with Crippen LogP contribution in [0.4, 0.5) is 5.82 Å². The van der Waals surface area contributed by atoms with Crippen molar-refractivity contribution < 1.29 is 9.47 Å². The molecule has 7 nitrogen and oxygen atoms in total. The molecule has 0 amide bonds. The number of morpholine rings is 2. The number of fused-ring (bicyclic) bond motifs is 1. The van der Waals surface area contributed by atoms with Gasteiger partial charge in [0.15, 0.2) is 0 Å². The molecule has 140 valence electrons. The maximum Gasteiger partial charge on any atom is 0.131 e. The monoisotopic (exact) mass is 349 g/mol. The fourth-order valence-corrected chi connectivity index (χ4v) is 4.55. The number of anilines is 1. The summed E-state index contributed by atoms with van der Waals surface area (Å²) in [4.78, 5) is 7.49. The Morgan fingerprint density at radius 2 is 1.88 bits per heavy atom. The van der Waals surface area contributed by atoms with Crippen molar-refractivity contribution in [1.29, 1.82) is 0 Å². The summed E-state index contributed by atoms with van der Waals surface area (Å²) in [6, 6.07) is 0.490. The summed E-state index contributed by atoms with van der Waals surface area (Å²) in [7, 11) is 4.29. The molecule has 0 aromatic carbocycles. The topological polar surface area (TPSA) is 46.0 Å². The predicted octanol–water partition coefficient (Wildman–Crippen LogP) is 0.470. The third kappa shape index (κ3) is 3.43. The van der Waals surface area contributed by atoms with Crippen LogP contribution in [0.1, 0.15) is 17.7 Å². The molecule has 0 spiro atoms. The van der Waals surface area contributed by atoms with Crippen molar-refractivity contribution >= 4 is 5.82 Å². The molecule has 7 heteroatoms. The fourth-order valence-electron chi connectivity index (χ4n) is 4.55. The van der Waals surface area contributed by atoms with Gasteiger partial charge in [0.2, 0.25) is 0 Å². The Bertz CT molecular complexity index is 599. The molecule has 3 aliphatic heterocycles. The van der Waals surface area contributed by atoms with E-state index in [1.807, 2.05) is 0 Å². The molecule has 3 fully saturated rings. The van der Waals surface area contributed by atoms with Crippen LogP contribution in [-0.2, 0) is 23.1 Å². The van der Waals surface area contributed by atoms with Gasteiger partial charge in [-0.3, -0.25) is 9.58 Å². The van der Waals surface area contributed by atoms with Crippen LogP contribution in [0.3, 0.4) is 0 Å². The number of aryl methyl sites for hydroxylation is 2. The van der Waals surface area contributed by atoms with E-state index >= 15 is 0 Å². The number of piperidine rings is 1. The molecule has 0 unspecified atom stereocenters. The molecule has 4 heterocycles. The van der Waals surface area contributed by atoms with Crippen LogP contribution in [0, 0.1) is 6.92 Å². The van der Waals surface area contributed by atoms with Crippen LogP contribution in [0.2, 0.25) is 0 Å². The van der Waals surface area contributed by atoms with Crippen molar-refractivity contribution in [1.82, 2.24) is 19.6 Å². The molecule has 25 heavy (non-hydrogen) atoms. The number of hydrogen-bond donors (Lipinski definition) is 0. The minimum absolute atomic E-state index is 0.383. The zero-order valence-electron chi connectivity index (χ0n) is 15.8. The summed E-state index contributed by atoms with van der Waals surface area (Å²) in [5.41, 5.74) is 2.52. The minimum atomic E-state index is 0.383. The molecule has 2 atom stereocenters. The molecular formula is C18H31N5O2. The summed E-state index contributed by atoms with van der Waals surface area (Å²) in [5, 5.41) is 4.74. The maximum absolute atomic E-state index is 6.06. The van der Waals surface area contributed by atoms with E-state index in [2.05, 4.69) is 40.4 Å². The highest BCUT2D eigenvalue weighted by molar-refractivity contribution is 5.50. The maximum atomic E-state index is 6.06. The molecule has 0 bridgehead atoms. The molecule has 0 N–H and O–H groups in total. The number of rotatable bonds is 3. The van der Waals surface area contributed by atoms with E-state index in [0.29, 0.717) is 12.1 Å². The van der Waals surface area contributed by atoms with Crippen LogP contribution < -0.4 is 4.90 Å². The van der Waals surface area contributed by atoms with Gasteiger partial charge in [-0.05, 0) is 20.4 Å². The second-order valence-electron chi connectivity index (χ2n) is 7.61. The van der Waals surface area contributed by atoms with E-state index in [1.165, 1.54) is 11.4 Å². The highest BCUT2D eigenvalue weighted by atomic mass is 16.5. The Labute approximate surface area is 150 Å². The van der Waals surface area contributed by atoms with Crippen LogP contribution in [0.15, 0.2) is 0 Å². The Morgan fingerprint density at radius 3 is 2.68 bits per heavy atom. The Kier molecular flexibility index (Phi) is 4.99.